The van der Waals surface area contributed by atoms with Gasteiger partial charge in [0.1, 0.15) is 18.5 Å². The van der Waals surface area contributed by atoms with Crippen molar-refractivity contribution >= 4 is 5.97 Å². The number of aliphatic carboxylic acids is 1. The lowest BCUT2D eigenvalue weighted by atomic mass is 9.86. The summed E-state index contributed by atoms with van der Waals surface area (Å²) in [7, 11) is 0. The van der Waals surface area contributed by atoms with Gasteiger partial charge in [0.2, 0.25) is 0 Å². The molecule has 0 spiro atoms. The summed E-state index contributed by atoms with van der Waals surface area (Å²) >= 11 is 0. The fourth-order valence-corrected chi connectivity index (χ4v) is 4.27. The second-order valence-electron chi connectivity index (χ2n) is 7.91. The minimum absolute atomic E-state index is 0.00538. The maximum atomic E-state index is 10.6. The van der Waals surface area contributed by atoms with Crippen molar-refractivity contribution in [2.75, 3.05) is 13.2 Å². The predicted molar refractivity (Wildman–Crippen MR) is 109 cm³/mol. The van der Waals surface area contributed by atoms with E-state index in [4.69, 9.17) is 14.6 Å². The molecule has 1 aromatic carbocycles. The number of ether oxygens (including phenoxy) is 2. The Morgan fingerprint density at radius 1 is 1.28 bits per heavy atom. The highest BCUT2D eigenvalue weighted by molar-refractivity contribution is 5.79. The lowest BCUT2D eigenvalue weighted by molar-refractivity contribution is -0.131. The Morgan fingerprint density at radius 3 is 2.83 bits per heavy atom. The average Bonchev–Trinajstić information content (AvgIpc) is 2.87. The molecule has 29 heavy (non-hydrogen) atoms. The molecule has 1 saturated heterocycles. The minimum Gasteiger partial charge on any atom is -0.491 e. The van der Waals surface area contributed by atoms with E-state index in [2.05, 4.69) is 0 Å². The third-order valence-electron chi connectivity index (χ3n) is 5.79. The Balaban J connectivity index is 1.51. The van der Waals surface area contributed by atoms with Gasteiger partial charge in [-0.25, -0.2) is 4.79 Å². The number of para-hydroxylation sites is 1. The van der Waals surface area contributed by atoms with Gasteiger partial charge in [-0.2, -0.15) is 0 Å². The van der Waals surface area contributed by atoms with Gasteiger partial charge in [0, 0.05) is 18.4 Å². The van der Waals surface area contributed by atoms with Crippen LogP contribution in [0.15, 0.2) is 54.6 Å². The number of fused-ring (bicyclic) bond motifs is 1. The number of aliphatic hydroxyl groups is 2. The Bertz CT molecular complexity index is 701. The molecule has 3 rings (SSSR count). The third kappa shape index (κ3) is 6.42. The molecule has 2 aliphatic rings. The van der Waals surface area contributed by atoms with Crippen LogP contribution in [0.2, 0.25) is 0 Å². The fraction of sp³-hybridized carbons (Fsp3) is 0.522. The SMILES string of the molecule is O=C(O)/C=C/C[C@H]1CC[C@@H]2[C@@H](/C=C/[C@@H](O)COc3ccccc3)[C@H](O)C[C@@H]2OC1. The topological polar surface area (TPSA) is 96.2 Å². The zero-order chi connectivity index (χ0) is 20.6. The van der Waals surface area contributed by atoms with E-state index < -0.39 is 18.2 Å². The van der Waals surface area contributed by atoms with E-state index in [1.54, 1.807) is 12.2 Å². The molecule has 0 unspecified atom stereocenters. The molecule has 1 saturated carbocycles. The molecule has 1 aliphatic heterocycles. The summed E-state index contributed by atoms with van der Waals surface area (Å²) in [5.74, 6) is 0.222. The lowest BCUT2D eigenvalue weighted by Gasteiger charge is -2.21. The summed E-state index contributed by atoms with van der Waals surface area (Å²) in [6.45, 7) is 0.744. The van der Waals surface area contributed by atoms with Crippen LogP contribution in [0.1, 0.15) is 25.7 Å². The van der Waals surface area contributed by atoms with Crippen LogP contribution in [0.3, 0.4) is 0 Å². The van der Waals surface area contributed by atoms with E-state index in [0.29, 0.717) is 31.1 Å². The maximum absolute atomic E-state index is 10.6. The molecule has 6 heteroatoms. The molecule has 1 heterocycles. The monoisotopic (exact) mass is 402 g/mol. The Morgan fingerprint density at radius 2 is 2.07 bits per heavy atom. The van der Waals surface area contributed by atoms with Gasteiger partial charge in [-0.1, -0.05) is 36.4 Å². The zero-order valence-electron chi connectivity index (χ0n) is 16.5. The number of aliphatic hydroxyl groups excluding tert-OH is 2. The van der Waals surface area contributed by atoms with Gasteiger partial charge in [0.25, 0.3) is 0 Å². The summed E-state index contributed by atoms with van der Waals surface area (Å²) in [6, 6.07) is 9.34. The van der Waals surface area contributed by atoms with Gasteiger partial charge in [0.15, 0.2) is 0 Å². The van der Waals surface area contributed by atoms with Gasteiger partial charge in [-0.05, 0) is 43.2 Å². The molecular formula is C23H30O6. The number of rotatable bonds is 8. The Labute approximate surface area is 171 Å². The van der Waals surface area contributed by atoms with E-state index in [0.717, 1.165) is 12.8 Å². The van der Waals surface area contributed by atoms with Crippen molar-refractivity contribution in [2.45, 2.75) is 44.0 Å². The van der Waals surface area contributed by atoms with E-state index >= 15 is 0 Å². The average molecular weight is 402 g/mol. The first-order valence-electron chi connectivity index (χ1n) is 10.3. The van der Waals surface area contributed by atoms with E-state index in [-0.39, 0.29) is 24.5 Å². The van der Waals surface area contributed by atoms with Crippen LogP contribution in [-0.4, -0.2) is 52.8 Å². The molecule has 1 aromatic rings. The first-order chi connectivity index (χ1) is 14.0. The van der Waals surface area contributed by atoms with E-state index in [1.165, 1.54) is 6.08 Å². The second kappa shape index (κ2) is 10.6. The van der Waals surface area contributed by atoms with Crippen LogP contribution in [0.4, 0.5) is 0 Å². The molecule has 1 aliphatic carbocycles. The Kier molecular flexibility index (Phi) is 7.86. The molecule has 158 valence electrons. The molecule has 6 atom stereocenters. The summed E-state index contributed by atoms with van der Waals surface area (Å²) < 4.78 is 11.6. The molecule has 0 bridgehead atoms. The first kappa shape index (κ1) is 21.6. The molecule has 3 N–H and O–H groups in total. The van der Waals surface area contributed by atoms with E-state index in [1.807, 2.05) is 36.4 Å². The van der Waals surface area contributed by atoms with Gasteiger partial charge in [0.05, 0.1) is 18.8 Å². The van der Waals surface area contributed by atoms with E-state index in [9.17, 15) is 15.0 Å². The van der Waals surface area contributed by atoms with Crippen molar-refractivity contribution in [1.82, 2.24) is 0 Å². The number of carboxylic acid groups (broad SMARTS) is 1. The molecule has 2 fully saturated rings. The quantitative estimate of drug-likeness (QED) is 0.457. The second-order valence-corrected chi connectivity index (χ2v) is 7.91. The van der Waals surface area contributed by atoms with Crippen LogP contribution < -0.4 is 4.74 Å². The summed E-state index contributed by atoms with van der Waals surface area (Å²) in [5, 5.41) is 29.4. The smallest absolute Gasteiger partial charge is 0.327 e. The van der Waals surface area contributed by atoms with Crippen LogP contribution in [0.5, 0.6) is 5.75 Å². The summed E-state index contributed by atoms with van der Waals surface area (Å²) in [6.07, 6.45) is 8.38. The number of carboxylic acids is 1. The van der Waals surface area contributed by atoms with Crippen molar-refractivity contribution in [1.29, 1.82) is 0 Å². The molecule has 0 amide bonds. The number of hydrogen-bond acceptors (Lipinski definition) is 5. The summed E-state index contributed by atoms with van der Waals surface area (Å²) in [5.41, 5.74) is 0. The van der Waals surface area contributed by atoms with Crippen molar-refractivity contribution < 1.29 is 29.6 Å². The van der Waals surface area contributed by atoms with Crippen molar-refractivity contribution in [2.24, 2.45) is 17.8 Å². The van der Waals surface area contributed by atoms with Crippen LogP contribution in [-0.2, 0) is 9.53 Å². The van der Waals surface area contributed by atoms with Crippen molar-refractivity contribution in [3.63, 3.8) is 0 Å². The molecular weight excluding hydrogens is 372 g/mol. The standard InChI is InChI=1S/C23H30O6/c24-17(15-28-18-6-2-1-3-7-18)10-12-19-20-11-9-16(5-4-8-23(26)27)14-29-22(20)13-21(19)25/h1-4,6-8,10,12,16-17,19-22,24-25H,5,9,11,13-15H2,(H,26,27)/b8-4+,12-10+/t16-,17+,19+,20+,21+,22-/m0/s1. The van der Waals surface area contributed by atoms with Crippen molar-refractivity contribution in [3.05, 3.63) is 54.6 Å². The summed E-state index contributed by atoms with van der Waals surface area (Å²) in [4.78, 5) is 10.6. The van der Waals surface area contributed by atoms with Crippen LogP contribution >= 0.6 is 0 Å². The van der Waals surface area contributed by atoms with Crippen molar-refractivity contribution in [3.8, 4) is 5.75 Å². The normalized spacial score (nSPS) is 30.9. The van der Waals surface area contributed by atoms with Gasteiger partial charge >= 0.3 is 5.97 Å². The fourth-order valence-electron chi connectivity index (χ4n) is 4.27. The molecule has 6 nitrogen and oxygen atoms in total. The van der Waals surface area contributed by atoms with Gasteiger partial charge in [-0.15, -0.1) is 0 Å². The molecule has 0 aromatic heterocycles. The van der Waals surface area contributed by atoms with Gasteiger partial charge in [-0.3, -0.25) is 0 Å². The largest absolute Gasteiger partial charge is 0.491 e. The highest BCUT2D eigenvalue weighted by Gasteiger charge is 2.43. The number of benzene rings is 1. The zero-order valence-corrected chi connectivity index (χ0v) is 16.5. The minimum atomic E-state index is -0.931. The van der Waals surface area contributed by atoms with Crippen LogP contribution in [0.25, 0.3) is 0 Å². The Hall–Kier alpha value is -2.15. The highest BCUT2D eigenvalue weighted by atomic mass is 16.5. The molecule has 0 radical (unpaired) electrons. The highest BCUT2D eigenvalue weighted by Crippen LogP contribution is 2.41. The number of allylic oxidation sites excluding steroid dienone is 1. The first-order valence-corrected chi connectivity index (χ1v) is 10.3. The van der Waals surface area contributed by atoms with Crippen LogP contribution in [0, 0.1) is 17.8 Å². The lowest BCUT2D eigenvalue weighted by Crippen LogP contribution is -2.22. The number of carbonyl (C=O) groups is 1. The third-order valence-corrected chi connectivity index (χ3v) is 5.79. The maximum Gasteiger partial charge on any atom is 0.327 e. The van der Waals surface area contributed by atoms with Gasteiger partial charge < -0.3 is 24.8 Å². The number of hydrogen-bond donors (Lipinski definition) is 3. The predicted octanol–water partition coefficient (Wildman–Crippen LogP) is 2.81.